The van der Waals surface area contributed by atoms with Gasteiger partial charge >= 0.3 is 0 Å². The van der Waals surface area contributed by atoms with Crippen LogP contribution in [0.2, 0.25) is 0 Å². The summed E-state index contributed by atoms with van der Waals surface area (Å²) in [6.45, 7) is 3.49. The fourth-order valence-corrected chi connectivity index (χ4v) is 1.58. The Bertz CT molecular complexity index is 153. The first-order valence-electron chi connectivity index (χ1n) is 4.03. The number of hydrogen-bond acceptors (Lipinski definition) is 2. The molecule has 3 nitrogen and oxygen atoms in total. The highest BCUT2D eigenvalue weighted by atomic mass is 15.3. The first-order valence-corrected chi connectivity index (χ1v) is 4.03. The second-order valence-electron chi connectivity index (χ2n) is 2.87. The Hall–Kier alpha value is -0.410. The van der Waals surface area contributed by atoms with Gasteiger partial charge in [-0.1, -0.05) is 0 Å². The third-order valence-electron chi connectivity index (χ3n) is 2.11. The van der Waals surface area contributed by atoms with Gasteiger partial charge in [-0.15, -0.1) is 0 Å². The van der Waals surface area contributed by atoms with Crippen molar-refractivity contribution < 1.29 is 4.58 Å². The van der Waals surface area contributed by atoms with Crippen LogP contribution in [0.3, 0.4) is 0 Å². The summed E-state index contributed by atoms with van der Waals surface area (Å²) in [6, 6.07) is 0. The summed E-state index contributed by atoms with van der Waals surface area (Å²) < 4.78 is 2.35. The Morgan fingerprint density at radius 1 is 1.30 bits per heavy atom. The summed E-state index contributed by atoms with van der Waals surface area (Å²) in [5.74, 6) is 0. The van der Waals surface area contributed by atoms with Crippen molar-refractivity contribution in [1.29, 1.82) is 0 Å². The van der Waals surface area contributed by atoms with Crippen molar-refractivity contribution in [3.8, 4) is 0 Å². The molecule has 0 spiro atoms. The van der Waals surface area contributed by atoms with Crippen molar-refractivity contribution in [2.45, 2.75) is 19.1 Å². The van der Waals surface area contributed by atoms with Gasteiger partial charge in [0.1, 0.15) is 12.8 Å². The van der Waals surface area contributed by atoms with Gasteiger partial charge in [0.25, 0.3) is 6.29 Å². The molecule has 1 atom stereocenters. The van der Waals surface area contributed by atoms with Crippen molar-refractivity contribution in [3.05, 3.63) is 0 Å². The van der Waals surface area contributed by atoms with E-state index in [0.29, 0.717) is 6.29 Å². The van der Waals surface area contributed by atoms with Gasteiger partial charge in [0.05, 0.1) is 0 Å². The topological polar surface area (TPSA) is 27.1 Å². The first kappa shape index (κ1) is 6.31. The third kappa shape index (κ3) is 1.07. The lowest BCUT2D eigenvalue weighted by Crippen LogP contribution is -2.57. The summed E-state index contributed by atoms with van der Waals surface area (Å²) in [5, 5.41) is 6.81. The van der Waals surface area contributed by atoms with Crippen molar-refractivity contribution in [2.75, 3.05) is 19.6 Å². The van der Waals surface area contributed by atoms with E-state index >= 15 is 0 Å². The Balaban J connectivity index is 2.08. The van der Waals surface area contributed by atoms with Crippen LogP contribution in [0.25, 0.3) is 0 Å². The molecular formula is C7H14N3+. The molecule has 1 saturated heterocycles. The highest BCUT2D eigenvalue weighted by molar-refractivity contribution is 5.52. The maximum atomic E-state index is 3.40. The zero-order valence-corrected chi connectivity index (χ0v) is 6.14. The molecule has 3 heteroatoms. The summed E-state index contributed by atoms with van der Waals surface area (Å²) in [4.78, 5) is 0. The number of nitrogens with one attached hydrogen (secondary N) is 2. The number of fused-ring (bicyclic) bond motifs is 1. The van der Waals surface area contributed by atoms with E-state index in [1.807, 2.05) is 0 Å². The zero-order valence-electron chi connectivity index (χ0n) is 6.14. The van der Waals surface area contributed by atoms with E-state index in [1.165, 1.54) is 19.4 Å². The minimum Gasteiger partial charge on any atom is -0.245 e. The van der Waals surface area contributed by atoms with Crippen LogP contribution in [0.15, 0.2) is 0 Å². The number of hydrogen-bond donors (Lipinski definition) is 2. The van der Waals surface area contributed by atoms with Crippen LogP contribution >= 0.6 is 0 Å². The van der Waals surface area contributed by atoms with Crippen molar-refractivity contribution >= 4 is 6.21 Å². The van der Waals surface area contributed by atoms with Crippen molar-refractivity contribution in [1.82, 2.24) is 10.6 Å². The van der Waals surface area contributed by atoms with E-state index in [1.54, 1.807) is 0 Å². The van der Waals surface area contributed by atoms with E-state index in [2.05, 4.69) is 21.4 Å². The van der Waals surface area contributed by atoms with Crippen LogP contribution in [0, 0.1) is 0 Å². The van der Waals surface area contributed by atoms with E-state index in [0.717, 1.165) is 13.1 Å². The van der Waals surface area contributed by atoms with E-state index in [4.69, 9.17) is 0 Å². The SMILES string of the molecule is C1=[N+]2CCCNC2NCC1. The molecule has 0 aromatic carbocycles. The first-order chi connectivity index (χ1) is 4.97. The Labute approximate surface area is 61.1 Å². The zero-order chi connectivity index (χ0) is 6.81. The molecule has 0 amide bonds. The maximum absolute atomic E-state index is 3.40. The molecule has 0 aromatic rings. The van der Waals surface area contributed by atoms with Gasteiger partial charge in [0, 0.05) is 25.9 Å². The summed E-state index contributed by atoms with van der Waals surface area (Å²) >= 11 is 0. The average molecular weight is 140 g/mol. The van der Waals surface area contributed by atoms with Gasteiger partial charge < -0.3 is 0 Å². The van der Waals surface area contributed by atoms with Crippen LogP contribution in [0.4, 0.5) is 0 Å². The molecule has 0 saturated carbocycles. The van der Waals surface area contributed by atoms with Gasteiger partial charge in [-0.2, -0.15) is 0 Å². The largest absolute Gasteiger partial charge is 0.264 e. The third-order valence-corrected chi connectivity index (χ3v) is 2.11. The maximum Gasteiger partial charge on any atom is 0.264 e. The minimum atomic E-state index is 0.433. The molecule has 2 rings (SSSR count). The molecule has 2 aliphatic rings. The van der Waals surface area contributed by atoms with Gasteiger partial charge in [0.15, 0.2) is 0 Å². The second kappa shape index (κ2) is 2.68. The molecule has 0 radical (unpaired) electrons. The monoisotopic (exact) mass is 140 g/mol. The van der Waals surface area contributed by atoms with Gasteiger partial charge in [0.2, 0.25) is 0 Å². The molecule has 2 aliphatic heterocycles. The van der Waals surface area contributed by atoms with Crippen molar-refractivity contribution in [3.63, 3.8) is 0 Å². The average Bonchev–Trinajstić information content (AvgIpc) is 2.05. The standard InChI is InChI=1S/C7H14N3/c1-3-8-7-9-4-2-6-10(7)5-1/h5,7-9H,1-4,6H2/q+1. The molecule has 0 bridgehead atoms. The number of rotatable bonds is 0. The van der Waals surface area contributed by atoms with Crippen LogP contribution in [0.5, 0.6) is 0 Å². The van der Waals surface area contributed by atoms with Crippen LogP contribution in [-0.4, -0.2) is 36.7 Å². The predicted molar refractivity (Wildman–Crippen MR) is 40.2 cm³/mol. The quantitative estimate of drug-likeness (QED) is 0.437. The van der Waals surface area contributed by atoms with E-state index in [9.17, 15) is 0 Å². The van der Waals surface area contributed by atoms with Gasteiger partial charge in [-0.05, 0) is 0 Å². The predicted octanol–water partition coefficient (Wildman–Crippen LogP) is -0.660. The van der Waals surface area contributed by atoms with Crippen molar-refractivity contribution in [2.24, 2.45) is 0 Å². The van der Waals surface area contributed by atoms with Crippen LogP contribution in [-0.2, 0) is 0 Å². The highest BCUT2D eigenvalue weighted by Crippen LogP contribution is 1.97. The molecular weight excluding hydrogens is 126 g/mol. The number of nitrogens with zero attached hydrogens (tertiary/aromatic N) is 1. The summed E-state index contributed by atoms with van der Waals surface area (Å²) in [7, 11) is 0. The van der Waals surface area contributed by atoms with Gasteiger partial charge in [-0.25, -0.2) is 15.2 Å². The minimum absolute atomic E-state index is 0.433. The molecule has 56 valence electrons. The van der Waals surface area contributed by atoms with Crippen LogP contribution in [0.1, 0.15) is 12.8 Å². The molecule has 2 heterocycles. The second-order valence-corrected chi connectivity index (χ2v) is 2.87. The lowest BCUT2D eigenvalue weighted by atomic mass is 10.3. The molecule has 0 aliphatic carbocycles. The summed E-state index contributed by atoms with van der Waals surface area (Å²) in [6.07, 6.45) is 5.18. The smallest absolute Gasteiger partial charge is 0.245 e. The lowest BCUT2D eigenvalue weighted by molar-refractivity contribution is -0.588. The fourth-order valence-electron chi connectivity index (χ4n) is 1.58. The normalized spacial score (nSPS) is 32.8. The molecule has 1 fully saturated rings. The molecule has 0 aromatic heterocycles. The van der Waals surface area contributed by atoms with Crippen LogP contribution < -0.4 is 10.6 Å². The van der Waals surface area contributed by atoms with E-state index in [-0.39, 0.29) is 0 Å². The Morgan fingerprint density at radius 3 is 3.10 bits per heavy atom. The molecule has 10 heavy (non-hydrogen) atoms. The Kier molecular flexibility index (Phi) is 1.69. The lowest BCUT2D eigenvalue weighted by Gasteiger charge is -2.25. The van der Waals surface area contributed by atoms with Gasteiger partial charge in [-0.3, -0.25) is 0 Å². The summed E-state index contributed by atoms with van der Waals surface area (Å²) in [5.41, 5.74) is 0. The molecule has 1 unspecified atom stereocenters. The van der Waals surface area contributed by atoms with E-state index < -0.39 is 0 Å². The molecule has 2 N–H and O–H groups in total. The Morgan fingerprint density at radius 2 is 2.20 bits per heavy atom. The fraction of sp³-hybridized carbons (Fsp3) is 0.857. The highest BCUT2D eigenvalue weighted by Gasteiger charge is 2.25.